The van der Waals surface area contributed by atoms with E-state index in [1.807, 2.05) is 12.1 Å². The number of pyridine rings is 1. The number of benzene rings is 1. The number of rotatable bonds is 2. The first-order valence-corrected chi connectivity index (χ1v) is 6.09. The molecule has 0 aliphatic rings. The van der Waals surface area contributed by atoms with Gasteiger partial charge in [-0.15, -0.1) is 0 Å². The molecule has 0 unspecified atom stereocenters. The highest BCUT2D eigenvalue weighted by Crippen LogP contribution is 2.19. The lowest BCUT2D eigenvalue weighted by molar-refractivity contribution is 0.102. The van der Waals surface area contributed by atoms with Crippen LogP contribution in [0.2, 0.25) is 5.15 Å². The lowest BCUT2D eigenvalue weighted by Crippen LogP contribution is -2.13. The van der Waals surface area contributed by atoms with E-state index in [2.05, 4.69) is 10.3 Å². The van der Waals surface area contributed by atoms with Gasteiger partial charge in [-0.1, -0.05) is 11.6 Å². The molecule has 2 rings (SSSR count). The van der Waals surface area contributed by atoms with Crippen LogP contribution in [0.15, 0.2) is 30.5 Å². The summed E-state index contributed by atoms with van der Waals surface area (Å²) >= 11 is 5.84. The van der Waals surface area contributed by atoms with Crippen molar-refractivity contribution in [1.82, 2.24) is 4.98 Å². The van der Waals surface area contributed by atoms with E-state index in [9.17, 15) is 4.79 Å². The standard InChI is InChI=1S/C14H8ClN5O/c15-13-12(4-10(18)7-19-13)14(21)20-11-2-1-8(5-16)9(3-11)6-17/h1-4,7H,18H2,(H,20,21). The summed E-state index contributed by atoms with van der Waals surface area (Å²) in [4.78, 5) is 15.9. The summed E-state index contributed by atoms with van der Waals surface area (Å²) < 4.78 is 0. The Morgan fingerprint density at radius 1 is 1.24 bits per heavy atom. The molecule has 0 saturated carbocycles. The second-order valence-electron chi connectivity index (χ2n) is 4.05. The number of halogens is 1. The Balaban J connectivity index is 2.30. The van der Waals surface area contributed by atoms with Crippen LogP contribution >= 0.6 is 11.6 Å². The molecule has 3 N–H and O–H groups in total. The van der Waals surface area contributed by atoms with Crippen molar-refractivity contribution < 1.29 is 4.79 Å². The van der Waals surface area contributed by atoms with Gasteiger partial charge in [0.2, 0.25) is 0 Å². The molecule has 21 heavy (non-hydrogen) atoms. The second-order valence-corrected chi connectivity index (χ2v) is 4.40. The highest BCUT2D eigenvalue weighted by Gasteiger charge is 2.13. The second kappa shape index (κ2) is 5.91. The van der Waals surface area contributed by atoms with Crippen LogP contribution in [0.1, 0.15) is 21.5 Å². The minimum absolute atomic E-state index is 0.0239. The lowest BCUT2D eigenvalue weighted by Gasteiger charge is -2.07. The van der Waals surface area contributed by atoms with Crippen LogP contribution in [0.25, 0.3) is 0 Å². The number of anilines is 2. The molecule has 1 heterocycles. The van der Waals surface area contributed by atoms with Gasteiger partial charge in [0, 0.05) is 5.69 Å². The quantitative estimate of drug-likeness (QED) is 0.825. The molecule has 0 bridgehead atoms. The van der Waals surface area contributed by atoms with E-state index >= 15 is 0 Å². The van der Waals surface area contributed by atoms with Crippen LogP contribution in [0, 0.1) is 22.7 Å². The van der Waals surface area contributed by atoms with Crippen molar-refractivity contribution in [1.29, 1.82) is 10.5 Å². The third-order valence-corrected chi connectivity index (χ3v) is 2.92. The number of carbonyl (C=O) groups is 1. The number of nitriles is 2. The van der Waals surface area contributed by atoms with E-state index in [0.29, 0.717) is 11.4 Å². The van der Waals surface area contributed by atoms with Gasteiger partial charge in [-0.3, -0.25) is 4.79 Å². The smallest absolute Gasteiger partial charge is 0.258 e. The molecule has 0 atom stereocenters. The summed E-state index contributed by atoms with van der Waals surface area (Å²) in [7, 11) is 0. The predicted molar refractivity (Wildman–Crippen MR) is 77.5 cm³/mol. The summed E-state index contributed by atoms with van der Waals surface area (Å²) in [5.74, 6) is -0.506. The molecule has 0 radical (unpaired) electrons. The van der Waals surface area contributed by atoms with Gasteiger partial charge in [-0.05, 0) is 24.3 Å². The van der Waals surface area contributed by atoms with Crippen molar-refractivity contribution in [2.45, 2.75) is 0 Å². The summed E-state index contributed by atoms with van der Waals surface area (Å²) in [6.07, 6.45) is 1.34. The number of hydrogen-bond donors (Lipinski definition) is 2. The van der Waals surface area contributed by atoms with E-state index in [1.54, 1.807) is 0 Å². The fraction of sp³-hybridized carbons (Fsp3) is 0. The summed E-state index contributed by atoms with van der Waals surface area (Å²) in [5, 5.41) is 20.4. The van der Waals surface area contributed by atoms with Crippen LogP contribution in [0.3, 0.4) is 0 Å². The number of nitrogen functional groups attached to an aromatic ring is 1. The highest BCUT2D eigenvalue weighted by molar-refractivity contribution is 6.33. The molecule has 1 aromatic carbocycles. The average Bonchev–Trinajstić information content (AvgIpc) is 2.49. The van der Waals surface area contributed by atoms with Gasteiger partial charge in [0.1, 0.15) is 17.3 Å². The normalized spacial score (nSPS) is 9.48. The molecule has 6 nitrogen and oxygen atoms in total. The Bertz CT molecular complexity index is 804. The molecule has 7 heteroatoms. The van der Waals surface area contributed by atoms with Gasteiger partial charge in [0.15, 0.2) is 0 Å². The largest absolute Gasteiger partial charge is 0.397 e. The van der Waals surface area contributed by atoms with Crippen molar-refractivity contribution in [3.8, 4) is 12.1 Å². The maximum absolute atomic E-state index is 12.1. The number of aromatic nitrogens is 1. The molecule has 0 saturated heterocycles. The molecule has 102 valence electrons. The SMILES string of the molecule is N#Cc1ccc(NC(=O)c2cc(N)cnc2Cl)cc1C#N. The number of carbonyl (C=O) groups excluding carboxylic acids is 1. The van der Waals surface area contributed by atoms with Crippen molar-refractivity contribution in [3.63, 3.8) is 0 Å². The Morgan fingerprint density at radius 2 is 1.95 bits per heavy atom. The Kier molecular flexibility index (Phi) is 4.03. The number of nitrogens with two attached hydrogens (primary N) is 1. The van der Waals surface area contributed by atoms with E-state index in [0.717, 1.165) is 0 Å². The molecule has 0 fully saturated rings. The zero-order valence-electron chi connectivity index (χ0n) is 10.6. The van der Waals surface area contributed by atoms with E-state index < -0.39 is 5.91 Å². The van der Waals surface area contributed by atoms with Crippen LogP contribution in [0.4, 0.5) is 11.4 Å². The third-order valence-electron chi connectivity index (χ3n) is 2.62. The molecule has 2 aromatic rings. The molecular weight excluding hydrogens is 290 g/mol. The van der Waals surface area contributed by atoms with Crippen LogP contribution in [0.5, 0.6) is 0 Å². The number of nitrogens with zero attached hydrogens (tertiary/aromatic N) is 3. The van der Waals surface area contributed by atoms with Crippen molar-refractivity contribution in [2.24, 2.45) is 0 Å². The van der Waals surface area contributed by atoms with Gasteiger partial charge in [-0.25, -0.2) is 4.98 Å². The van der Waals surface area contributed by atoms with Gasteiger partial charge >= 0.3 is 0 Å². The van der Waals surface area contributed by atoms with E-state index in [-0.39, 0.29) is 21.8 Å². The first-order chi connectivity index (χ1) is 10.0. The highest BCUT2D eigenvalue weighted by atomic mass is 35.5. The fourth-order valence-corrected chi connectivity index (χ4v) is 1.82. The minimum atomic E-state index is -0.506. The predicted octanol–water partition coefficient (Wildman–Crippen LogP) is 2.31. The van der Waals surface area contributed by atoms with Crippen LogP contribution < -0.4 is 11.1 Å². The number of hydrogen-bond acceptors (Lipinski definition) is 5. The van der Waals surface area contributed by atoms with Crippen molar-refractivity contribution in [3.05, 3.63) is 52.3 Å². The number of nitrogens with one attached hydrogen (secondary N) is 1. The number of amides is 1. The minimum Gasteiger partial charge on any atom is -0.397 e. The van der Waals surface area contributed by atoms with Crippen molar-refractivity contribution >= 4 is 28.9 Å². The Labute approximate surface area is 125 Å². The summed E-state index contributed by atoms with van der Waals surface area (Å²) in [6.45, 7) is 0. The first-order valence-electron chi connectivity index (χ1n) is 5.71. The summed E-state index contributed by atoms with van der Waals surface area (Å²) in [6, 6.07) is 9.56. The lowest BCUT2D eigenvalue weighted by atomic mass is 10.1. The molecule has 1 aromatic heterocycles. The van der Waals surface area contributed by atoms with Gasteiger partial charge in [-0.2, -0.15) is 10.5 Å². The van der Waals surface area contributed by atoms with Gasteiger partial charge in [0.05, 0.1) is 28.6 Å². The molecule has 1 amide bonds. The maximum Gasteiger partial charge on any atom is 0.258 e. The zero-order valence-corrected chi connectivity index (χ0v) is 11.3. The third kappa shape index (κ3) is 3.08. The zero-order chi connectivity index (χ0) is 15.4. The monoisotopic (exact) mass is 297 g/mol. The molecule has 0 aliphatic carbocycles. The molecule has 0 spiro atoms. The first kappa shape index (κ1) is 14.3. The maximum atomic E-state index is 12.1. The molecular formula is C14H8ClN5O. The van der Waals surface area contributed by atoms with Crippen LogP contribution in [-0.4, -0.2) is 10.9 Å². The van der Waals surface area contributed by atoms with E-state index in [4.69, 9.17) is 27.9 Å². The average molecular weight is 298 g/mol. The summed E-state index contributed by atoms with van der Waals surface area (Å²) in [5.41, 5.74) is 6.77. The Morgan fingerprint density at radius 3 is 2.62 bits per heavy atom. The van der Waals surface area contributed by atoms with E-state index in [1.165, 1.54) is 30.5 Å². The Hall–Kier alpha value is -3.09. The van der Waals surface area contributed by atoms with Gasteiger partial charge in [0.25, 0.3) is 5.91 Å². The van der Waals surface area contributed by atoms with Crippen LogP contribution in [-0.2, 0) is 0 Å². The molecule has 0 aliphatic heterocycles. The topological polar surface area (TPSA) is 116 Å². The van der Waals surface area contributed by atoms with Gasteiger partial charge < -0.3 is 11.1 Å². The van der Waals surface area contributed by atoms with Crippen molar-refractivity contribution in [2.75, 3.05) is 11.1 Å². The fourth-order valence-electron chi connectivity index (χ4n) is 1.63.